The molecule has 2 amide bonds. The number of furan rings is 1. The summed E-state index contributed by atoms with van der Waals surface area (Å²) < 4.78 is 5.16. The maximum absolute atomic E-state index is 12.2. The third kappa shape index (κ3) is 4.72. The molecule has 1 aromatic rings. The van der Waals surface area contributed by atoms with Crippen LogP contribution in [0.15, 0.2) is 22.8 Å². The zero-order valence-corrected chi connectivity index (χ0v) is 12.8. The van der Waals surface area contributed by atoms with Gasteiger partial charge < -0.3 is 15.1 Å². The molecule has 0 saturated carbocycles. The highest BCUT2D eigenvalue weighted by Gasteiger charge is 2.29. The van der Waals surface area contributed by atoms with Gasteiger partial charge in [-0.2, -0.15) is 0 Å². The molecule has 1 atom stereocenters. The number of carbonyl (C=O) groups is 2. The highest BCUT2D eigenvalue weighted by Crippen LogP contribution is 2.14. The van der Waals surface area contributed by atoms with E-state index in [1.54, 1.807) is 18.4 Å². The third-order valence-corrected chi connectivity index (χ3v) is 2.93. The van der Waals surface area contributed by atoms with E-state index in [2.05, 4.69) is 10.6 Å². The Labute approximate surface area is 120 Å². The van der Waals surface area contributed by atoms with Crippen LogP contribution in [0, 0.1) is 11.3 Å². The standard InChI is InChI=1S/C15H24N2O3/c1-10(2)12(17-14(19)15(3,4)5)13(18)16-9-11-7-6-8-20-11/h6-8,10,12H,9H2,1-5H3,(H,16,18)(H,17,19)/t12-/m1/s1. The number of nitrogens with one attached hydrogen (secondary N) is 2. The lowest BCUT2D eigenvalue weighted by molar-refractivity contribution is -0.134. The Balaban J connectivity index is 2.61. The summed E-state index contributed by atoms with van der Waals surface area (Å²) in [5, 5.41) is 5.58. The summed E-state index contributed by atoms with van der Waals surface area (Å²) in [4.78, 5) is 24.2. The highest BCUT2D eigenvalue weighted by atomic mass is 16.3. The number of hydrogen-bond acceptors (Lipinski definition) is 3. The minimum absolute atomic E-state index is 0.0119. The summed E-state index contributed by atoms with van der Waals surface area (Å²) >= 11 is 0. The Morgan fingerprint density at radius 2 is 1.95 bits per heavy atom. The highest BCUT2D eigenvalue weighted by molar-refractivity contribution is 5.89. The second kappa shape index (κ2) is 6.59. The van der Waals surface area contributed by atoms with Crippen LogP contribution in [0.1, 0.15) is 40.4 Å². The van der Waals surface area contributed by atoms with Gasteiger partial charge in [-0.15, -0.1) is 0 Å². The van der Waals surface area contributed by atoms with Gasteiger partial charge in [-0.05, 0) is 18.1 Å². The average Bonchev–Trinajstić information content (AvgIpc) is 2.84. The predicted octanol–water partition coefficient (Wildman–Crippen LogP) is 2.08. The molecule has 20 heavy (non-hydrogen) atoms. The molecule has 0 bridgehead atoms. The zero-order chi connectivity index (χ0) is 15.3. The first-order valence-corrected chi connectivity index (χ1v) is 6.83. The quantitative estimate of drug-likeness (QED) is 0.867. The van der Waals surface area contributed by atoms with E-state index in [0.717, 1.165) is 0 Å². The second-order valence-electron chi connectivity index (χ2n) is 6.24. The van der Waals surface area contributed by atoms with Crippen molar-refractivity contribution in [3.05, 3.63) is 24.2 Å². The Hall–Kier alpha value is -1.78. The van der Waals surface area contributed by atoms with E-state index in [-0.39, 0.29) is 17.7 Å². The van der Waals surface area contributed by atoms with Crippen molar-refractivity contribution in [2.24, 2.45) is 11.3 Å². The molecular weight excluding hydrogens is 256 g/mol. The van der Waals surface area contributed by atoms with Gasteiger partial charge in [0.25, 0.3) is 0 Å². The fourth-order valence-corrected chi connectivity index (χ4v) is 1.59. The molecule has 5 nitrogen and oxygen atoms in total. The van der Waals surface area contributed by atoms with Crippen LogP contribution in [0.4, 0.5) is 0 Å². The van der Waals surface area contributed by atoms with Gasteiger partial charge in [0.1, 0.15) is 11.8 Å². The molecule has 1 aromatic heterocycles. The summed E-state index contributed by atoms with van der Waals surface area (Å²) in [7, 11) is 0. The first kappa shape index (κ1) is 16.3. The largest absolute Gasteiger partial charge is 0.467 e. The number of rotatable bonds is 5. The van der Waals surface area contributed by atoms with Gasteiger partial charge in [0.05, 0.1) is 12.8 Å². The molecule has 0 unspecified atom stereocenters. The fourth-order valence-electron chi connectivity index (χ4n) is 1.59. The van der Waals surface area contributed by atoms with Crippen LogP contribution in [-0.4, -0.2) is 17.9 Å². The van der Waals surface area contributed by atoms with Crippen LogP contribution in [0.25, 0.3) is 0 Å². The van der Waals surface area contributed by atoms with Crippen LogP contribution >= 0.6 is 0 Å². The Bertz CT molecular complexity index is 444. The summed E-state index contributed by atoms with van der Waals surface area (Å²) in [6, 6.07) is 3.01. The van der Waals surface area contributed by atoms with E-state index in [1.807, 2.05) is 34.6 Å². The SMILES string of the molecule is CC(C)[C@@H](NC(=O)C(C)(C)C)C(=O)NCc1ccco1. The number of amides is 2. The van der Waals surface area contributed by atoms with Gasteiger partial charge in [-0.3, -0.25) is 9.59 Å². The van der Waals surface area contributed by atoms with Gasteiger partial charge in [0.2, 0.25) is 11.8 Å². The number of hydrogen-bond donors (Lipinski definition) is 2. The molecule has 0 aliphatic heterocycles. The van der Waals surface area contributed by atoms with Crippen molar-refractivity contribution in [2.75, 3.05) is 0 Å². The molecule has 5 heteroatoms. The summed E-state index contributed by atoms with van der Waals surface area (Å²) in [6.45, 7) is 9.59. The van der Waals surface area contributed by atoms with Gasteiger partial charge >= 0.3 is 0 Å². The zero-order valence-electron chi connectivity index (χ0n) is 12.8. The summed E-state index contributed by atoms with van der Waals surface area (Å²) in [5.74, 6) is 0.360. The molecular formula is C15H24N2O3. The molecule has 0 spiro atoms. The summed E-state index contributed by atoms with van der Waals surface area (Å²) in [6.07, 6.45) is 1.56. The van der Waals surface area contributed by atoms with E-state index in [0.29, 0.717) is 12.3 Å². The van der Waals surface area contributed by atoms with Crippen molar-refractivity contribution < 1.29 is 14.0 Å². The van der Waals surface area contributed by atoms with Crippen molar-refractivity contribution >= 4 is 11.8 Å². The number of carbonyl (C=O) groups excluding carboxylic acids is 2. The molecule has 0 aliphatic rings. The third-order valence-electron chi connectivity index (χ3n) is 2.93. The lowest BCUT2D eigenvalue weighted by atomic mass is 9.93. The van der Waals surface area contributed by atoms with E-state index >= 15 is 0 Å². The Morgan fingerprint density at radius 3 is 2.40 bits per heavy atom. The lowest BCUT2D eigenvalue weighted by Gasteiger charge is -2.26. The van der Waals surface area contributed by atoms with Crippen LogP contribution in [0.3, 0.4) is 0 Å². The van der Waals surface area contributed by atoms with Crippen molar-refractivity contribution in [2.45, 2.75) is 47.2 Å². The second-order valence-corrected chi connectivity index (χ2v) is 6.24. The van der Waals surface area contributed by atoms with Crippen molar-refractivity contribution in [3.8, 4) is 0 Å². The molecule has 2 N–H and O–H groups in total. The molecule has 112 valence electrons. The van der Waals surface area contributed by atoms with Crippen LogP contribution in [-0.2, 0) is 16.1 Å². The molecule has 0 radical (unpaired) electrons. The minimum atomic E-state index is -0.545. The minimum Gasteiger partial charge on any atom is -0.467 e. The van der Waals surface area contributed by atoms with Crippen LogP contribution in [0.2, 0.25) is 0 Å². The molecule has 1 heterocycles. The van der Waals surface area contributed by atoms with Gasteiger partial charge in [0.15, 0.2) is 0 Å². The smallest absolute Gasteiger partial charge is 0.243 e. The van der Waals surface area contributed by atoms with E-state index in [4.69, 9.17) is 4.42 Å². The normalized spacial score (nSPS) is 13.1. The summed E-state index contributed by atoms with van der Waals surface area (Å²) in [5.41, 5.74) is -0.519. The van der Waals surface area contributed by atoms with Crippen molar-refractivity contribution in [1.82, 2.24) is 10.6 Å². The van der Waals surface area contributed by atoms with Crippen molar-refractivity contribution in [1.29, 1.82) is 0 Å². The fraction of sp³-hybridized carbons (Fsp3) is 0.600. The molecule has 0 aliphatic carbocycles. The van der Waals surface area contributed by atoms with Crippen LogP contribution in [0.5, 0.6) is 0 Å². The lowest BCUT2D eigenvalue weighted by Crippen LogP contribution is -2.52. The van der Waals surface area contributed by atoms with E-state index in [9.17, 15) is 9.59 Å². The van der Waals surface area contributed by atoms with Gasteiger partial charge in [-0.1, -0.05) is 34.6 Å². The first-order chi connectivity index (χ1) is 9.21. The van der Waals surface area contributed by atoms with Crippen molar-refractivity contribution in [3.63, 3.8) is 0 Å². The average molecular weight is 280 g/mol. The first-order valence-electron chi connectivity index (χ1n) is 6.83. The van der Waals surface area contributed by atoms with E-state index < -0.39 is 11.5 Å². The maximum Gasteiger partial charge on any atom is 0.243 e. The monoisotopic (exact) mass is 280 g/mol. The maximum atomic E-state index is 12.2. The van der Waals surface area contributed by atoms with Gasteiger partial charge in [-0.25, -0.2) is 0 Å². The molecule has 1 rings (SSSR count). The van der Waals surface area contributed by atoms with Gasteiger partial charge in [0, 0.05) is 5.41 Å². The topological polar surface area (TPSA) is 71.3 Å². The predicted molar refractivity (Wildman–Crippen MR) is 76.8 cm³/mol. The molecule has 0 saturated heterocycles. The molecule has 0 fully saturated rings. The Kier molecular flexibility index (Phi) is 5.36. The van der Waals surface area contributed by atoms with E-state index in [1.165, 1.54) is 0 Å². The Morgan fingerprint density at radius 1 is 1.30 bits per heavy atom. The van der Waals surface area contributed by atoms with Crippen LogP contribution < -0.4 is 10.6 Å². The molecule has 0 aromatic carbocycles.